The molecular weight excluding hydrogens is 690 g/mol. The Morgan fingerprint density at radius 3 is 1.96 bits per heavy atom. The van der Waals surface area contributed by atoms with Gasteiger partial charge in [0.1, 0.15) is 12.2 Å². The fourth-order valence-electron chi connectivity index (χ4n) is 7.16. The third-order valence-electron chi connectivity index (χ3n) is 9.86. The largest absolute Gasteiger partial charge is 0.452 e. The molecular formula is C44H38ClNO7. The summed E-state index contributed by atoms with van der Waals surface area (Å²) >= 11 is 6.93. The first kappa shape index (κ1) is 34.8. The Bertz CT molecular complexity index is 2190. The van der Waals surface area contributed by atoms with E-state index in [2.05, 4.69) is 31.2 Å². The van der Waals surface area contributed by atoms with Crippen LogP contribution in [0.3, 0.4) is 0 Å². The van der Waals surface area contributed by atoms with Gasteiger partial charge in [-0.1, -0.05) is 116 Å². The van der Waals surface area contributed by atoms with Crippen LogP contribution in [-0.2, 0) is 36.5 Å². The fraction of sp³-hybridized carbons (Fsp3) is 0.227. The maximum absolute atomic E-state index is 13.9. The Balaban J connectivity index is 1.24. The van der Waals surface area contributed by atoms with Gasteiger partial charge in [0.15, 0.2) is 24.7 Å². The van der Waals surface area contributed by atoms with Gasteiger partial charge in [-0.05, 0) is 65.9 Å². The highest BCUT2D eigenvalue weighted by molar-refractivity contribution is 6.35. The van der Waals surface area contributed by atoms with Crippen molar-refractivity contribution in [3.05, 3.63) is 178 Å². The molecule has 8 nitrogen and oxygen atoms in total. The van der Waals surface area contributed by atoms with Crippen LogP contribution in [0.25, 0.3) is 10.9 Å². The zero-order chi connectivity index (χ0) is 36.3. The standard InChI is InChI=1S/C44H38ClNO7/c1-2-28-21-23-29(24-22-28)25-33-26-46(35-20-12-19-34(45)37(33)35)41-40(52-43(48)31-15-8-4-9-16-31)39(51-42(47)30-13-6-3-7-14-30)38-36(50-41)27-49-44(53-38)32-17-10-5-11-18-32/h3-24,26,36,38-41,44H,2,25,27H2,1H3/t36-,38+,39+,40-,41-,44?/m1/s1. The number of hydrogen-bond acceptors (Lipinski definition) is 7. The van der Waals surface area contributed by atoms with Crippen LogP contribution in [-0.4, -0.2) is 47.5 Å². The van der Waals surface area contributed by atoms with Crippen molar-refractivity contribution < 1.29 is 33.3 Å². The van der Waals surface area contributed by atoms with Crippen molar-refractivity contribution in [2.45, 2.75) is 56.7 Å². The first-order valence-corrected chi connectivity index (χ1v) is 18.2. The number of fused-ring (bicyclic) bond motifs is 2. The van der Waals surface area contributed by atoms with Crippen LogP contribution in [0.1, 0.15) is 62.4 Å². The lowest BCUT2D eigenvalue weighted by Gasteiger charge is -2.48. The van der Waals surface area contributed by atoms with Gasteiger partial charge in [0.05, 0.1) is 28.3 Å². The minimum Gasteiger partial charge on any atom is -0.452 e. The molecule has 3 heterocycles. The van der Waals surface area contributed by atoms with Crippen molar-refractivity contribution in [3.8, 4) is 0 Å². The Hall–Kier alpha value is -5.25. The molecule has 0 amide bonds. The summed E-state index contributed by atoms with van der Waals surface area (Å²) in [5.41, 5.74) is 5.59. The third-order valence-corrected chi connectivity index (χ3v) is 10.2. The van der Waals surface area contributed by atoms with Crippen LogP contribution in [0, 0.1) is 0 Å². The van der Waals surface area contributed by atoms with E-state index in [4.69, 9.17) is 35.3 Å². The van der Waals surface area contributed by atoms with Crippen molar-refractivity contribution in [3.63, 3.8) is 0 Å². The van der Waals surface area contributed by atoms with E-state index in [1.165, 1.54) is 5.56 Å². The predicted octanol–water partition coefficient (Wildman–Crippen LogP) is 8.91. The zero-order valence-electron chi connectivity index (χ0n) is 29.0. The van der Waals surface area contributed by atoms with Gasteiger partial charge in [-0.2, -0.15) is 0 Å². The highest BCUT2D eigenvalue weighted by atomic mass is 35.5. The number of aryl methyl sites for hydroxylation is 1. The van der Waals surface area contributed by atoms with Crippen molar-refractivity contribution in [2.75, 3.05) is 6.61 Å². The SMILES string of the molecule is CCc1ccc(Cc2cn([C@@H]3O[C@@H]4COC(c5ccccc5)O[C@@H]4[C@H](OC(=O)c4ccccc4)[C@H]3OC(=O)c3ccccc3)c3cccc(Cl)c23)cc1. The Kier molecular flexibility index (Phi) is 10.1. The maximum Gasteiger partial charge on any atom is 0.338 e. The van der Waals surface area contributed by atoms with Crippen LogP contribution in [0.2, 0.25) is 5.02 Å². The zero-order valence-corrected chi connectivity index (χ0v) is 29.8. The third kappa shape index (κ3) is 7.24. The summed E-state index contributed by atoms with van der Waals surface area (Å²) in [6.45, 7) is 2.27. The van der Waals surface area contributed by atoms with Gasteiger partial charge in [-0.25, -0.2) is 9.59 Å². The Morgan fingerprint density at radius 2 is 1.32 bits per heavy atom. The van der Waals surface area contributed by atoms with E-state index in [0.717, 1.165) is 34.0 Å². The molecule has 1 aromatic heterocycles. The molecule has 9 heteroatoms. The lowest BCUT2D eigenvalue weighted by Crippen LogP contribution is -2.62. The van der Waals surface area contributed by atoms with Crippen molar-refractivity contribution in [1.29, 1.82) is 0 Å². The second-order valence-electron chi connectivity index (χ2n) is 13.3. The molecule has 0 aliphatic carbocycles. The Labute approximate surface area is 312 Å². The van der Waals surface area contributed by atoms with Gasteiger partial charge < -0.3 is 28.3 Å². The monoisotopic (exact) mass is 727 g/mol. The number of aromatic nitrogens is 1. The van der Waals surface area contributed by atoms with Crippen LogP contribution in [0.4, 0.5) is 0 Å². The average Bonchev–Trinajstić information content (AvgIpc) is 3.58. The molecule has 0 N–H and O–H groups in total. The number of nitrogens with zero attached hydrogens (tertiary/aromatic N) is 1. The maximum atomic E-state index is 13.9. The molecule has 0 spiro atoms. The van der Waals surface area contributed by atoms with E-state index < -0.39 is 48.9 Å². The van der Waals surface area contributed by atoms with Crippen LogP contribution < -0.4 is 0 Å². The van der Waals surface area contributed by atoms with E-state index in [1.807, 2.05) is 71.4 Å². The minimum absolute atomic E-state index is 0.135. The summed E-state index contributed by atoms with van der Waals surface area (Å²) in [4.78, 5) is 27.8. The molecule has 0 bridgehead atoms. The number of halogens is 1. The number of benzene rings is 5. The van der Waals surface area contributed by atoms with Crippen LogP contribution in [0.15, 0.2) is 140 Å². The van der Waals surface area contributed by atoms with Gasteiger partial charge in [0.2, 0.25) is 0 Å². The molecule has 268 valence electrons. The van der Waals surface area contributed by atoms with Crippen LogP contribution >= 0.6 is 11.6 Å². The summed E-state index contributed by atoms with van der Waals surface area (Å²) in [6.07, 6.45) is -1.99. The number of esters is 2. The van der Waals surface area contributed by atoms with Crippen molar-refractivity contribution in [2.24, 2.45) is 0 Å². The topological polar surface area (TPSA) is 85.2 Å². The smallest absolute Gasteiger partial charge is 0.338 e. The van der Waals surface area contributed by atoms with E-state index in [9.17, 15) is 9.59 Å². The molecule has 8 rings (SSSR count). The minimum atomic E-state index is -1.16. The summed E-state index contributed by atoms with van der Waals surface area (Å²) in [5.74, 6) is -1.18. The summed E-state index contributed by atoms with van der Waals surface area (Å²) in [5, 5.41) is 1.43. The molecule has 6 aromatic rings. The molecule has 2 saturated heterocycles. The Morgan fingerprint density at radius 1 is 0.717 bits per heavy atom. The molecule has 0 radical (unpaired) electrons. The number of ether oxygens (including phenoxy) is 5. The first-order chi connectivity index (χ1) is 26.0. The lowest BCUT2D eigenvalue weighted by atomic mass is 9.95. The highest BCUT2D eigenvalue weighted by Gasteiger charge is 2.54. The second-order valence-corrected chi connectivity index (χ2v) is 13.7. The molecule has 1 unspecified atom stereocenters. The normalized spacial score (nSPS) is 22.5. The number of hydrogen-bond donors (Lipinski definition) is 0. The number of carbonyl (C=O) groups is 2. The molecule has 2 aliphatic rings. The number of rotatable bonds is 9. The molecule has 6 atom stereocenters. The fourth-order valence-corrected chi connectivity index (χ4v) is 7.45. The van der Waals surface area contributed by atoms with Gasteiger partial charge >= 0.3 is 11.9 Å². The molecule has 5 aromatic carbocycles. The van der Waals surface area contributed by atoms with Gasteiger partial charge in [0.25, 0.3) is 0 Å². The second kappa shape index (κ2) is 15.4. The molecule has 2 fully saturated rings. The summed E-state index contributed by atoms with van der Waals surface area (Å²) in [7, 11) is 0. The van der Waals surface area contributed by atoms with Crippen molar-refractivity contribution in [1.82, 2.24) is 4.57 Å². The van der Waals surface area contributed by atoms with Crippen LogP contribution in [0.5, 0.6) is 0 Å². The molecule has 53 heavy (non-hydrogen) atoms. The summed E-state index contributed by atoms with van der Waals surface area (Å²) < 4.78 is 34.4. The summed E-state index contributed by atoms with van der Waals surface area (Å²) in [6, 6.07) is 41.2. The van der Waals surface area contributed by atoms with E-state index >= 15 is 0 Å². The first-order valence-electron chi connectivity index (χ1n) is 17.8. The van der Waals surface area contributed by atoms with Gasteiger partial charge in [0, 0.05) is 17.1 Å². The van der Waals surface area contributed by atoms with E-state index in [0.29, 0.717) is 22.6 Å². The molecule has 0 saturated carbocycles. The quantitative estimate of drug-likeness (QED) is 0.138. The van der Waals surface area contributed by atoms with E-state index in [-0.39, 0.29) is 6.61 Å². The highest BCUT2D eigenvalue weighted by Crippen LogP contribution is 2.43. The predicted molar refractivity (Wildman–Crippen MR) is 201 cm³/mol. The van der Waals surface area contributed by atoms with E-state index in [1.54, 1.807) is 48.5 Å². The van der Waals surface area contributed by atoms with Crippen molar-refractivity contribution >= 4 is 34.4 Å². The molecule has 2 aliphatic heterocycles. The van der Waals surface area contributed by atoms with Gasteiger partial charge in [-0.15, -0.1) is 0 Å². The van der Waals surface area contributed by atoms with Gasteiger partial charge in [-0.3, -0.25) is 0 Å². The lowest BCUT2D eigenvalue weighted by molar-refractivity contribution is -0.336. The number of carbonyl (C=O) groups excluding carboxylic acids is 2. The average molecular weight is 728 g/mol.